The van der Waals surface area contributed by atoms with E-state index < -0.39 is 0 Å². The van der Waals surface area contributed by atoms with Crippen LogP contribution in [0.5, 0.6) is 0 Å². The van der Waals surface area contributed by atoms with Gasteiger partial charge in [-0.1, -0.05) is 17.7 Å². The molecule has 0 saturated carbocycles. The summed E-state index contributed by atoms with van der Waals surface area (Å²) >= 11 is 6.08. The summed E-state index contributed by atoms with van der Waals surface area (Å²) < 4.78 is 0. The van der Waals surface area contributed by atoms with Crippen molar-refractivity contribution in [3.63, 3.8) is 0 Å². The van der Waals surface area contributed by atoms with E-state index in [4.69, 9.17) is 11.6 Å². The van der Waals surface area contributed by atoms with Gasteiger partial charge in [-0.2, -0.15) is 0 Å². The van der Waals surface area contributed by atoms with Gasteiger partial charge in [-0.05, 0) is 60.7 Å². The average Bonchev–Trinajstić information content (AvgIpc) is 2.61. The number of benzene rings is 1. The molecule has 0 amide bonds. The van der Waals surface area contributed by atoms with Crippen LogP contribution in [-0.2, 0) is 6.42 Å². The molecule has 0 spiro atoms. The Labute approximate surface area is 114 Å². The molecule has 1 aromatic carbocycles. The summed E-state index contributed by atoms with van der Waals surface area (Å²) in [6, 6.07) is 6.32. The number of rotatable bonds is 0. The first kappa shape index (κ1) is 12.9. The fourth-order valence-electron chi connectivity index (χ4n) is 3.10. The van der Waals surface area contributed by atoms with Crippen LogP contribution in [0.3, 0.4) is 0 Å². The predicted molar refractivity (Wildman–Crippen MR) is 76.0 cm³/mol. The van der Waals surface area contributed by atoms with Crippen molar-refractivity contribution >= 4 is 29.6 Å². The summed E-state index contributed by atoms with van der Waals surface area (Å²) in [6.07, 6.45) is 1.18. The molecule has 1 saturated heterocycles. The molecule has 1 aromatic rings. The van der Waals surface area contributed by atoms with E-state index >= 15 is 0 Å². The van der Waals surface area contributed by atoms with Crippen LogP contribution in [-0.4, -0.2) is 25.0 Å². The monoisotopic (exact) mass is 269 g/mol. The molecule has 1 nitrogen and oxygen atoms in total. The highest BCUT2D eigenvalue weighted by Gasteiger charge is 2.31. The van der Waals surface area contributed by atoms with E-state index in [1.807, 2.05) is 6.07 Å². The highest BCUT2D eigenvalue weighted by atomic mass is 35.5. The predicted octanol–water partition coefficient (Wildman–Crippen LogP) is 3.65. The maximum atomic E-state index is 6.08. The Balaban J connectivity index is 0.00000108. The fraction of sp³-hybridized carbons (Fsp3) is 0.429. The van der Waals surface area contributed by atoms with Crippen molar-refractivity contribution in [1.82, 2.24) is 4.90 Å². The summed E-state index contributed by atoms with van der Waals surface area (Å²) in [5, 5.41) is 0.850. The largest absolute Gasteiger partial charge is 0.302 e. The summed E-state index contributed by atoms with van der Waals surface area (Å²) in [5.41, 5.74) is 5.91. The van der Waals surface area contributed by atoms with Crippen LogP contribution >= 0.6 is 24.0 Å². The Kier molecular flexibility index (Phi) is 3.53. The number of fused-ring (bicyclic) bond motifs is 2. The zero-order chi connectivity index (χ0) is 11.3. The second-order valence-electron chi connectivity index (χ2n) is 5.05. The molecule has 17 heavy (non-hydrogen) atoms. The minimum atomic E-state index is 0. The summed E-state index contributed by atoms with van der Waals surface area (Å²) in [5.74, 6) is 0.735. The van der Waals surface area contributed by atoms with Gasteiger partial charge in [-0.25, -0.2) is 0 Å². The van der Waals surface area contributed by atoms with Gasteiger partial charge >= 0.3 is 0 Å². The third-order valence-electron chi connectivity index (χ3n) is 3.89. The molecule has 92 valence electrons. The van der Waals surface area contributed by atoms with E-state index in [0.717, 1.165) is 17.5 Å². The average molecular weight is 270 g/mol. The Bertz CT molecular complexity index is 479. The van der Waals surface area contributed by atoms with E-state index in [9.17, 15) is 0 Å². The SMILES string of the molecule is CC1=C2CN(C)CC2Cc2ccc(Cl)cc21.Cl. The standard InChI is InChI=1S/C14H16ClN.ClH/c1-9-13-6-12(15)4-3-10(13)5-11-7-16(2)8-14(9)11;/h3-4,6,11H,5,7-8H2,1-2H3;1H. The Morgan fingerprint density at radius 3 is 2.88 bits per heavy atom. The van der Waals surface area contributed by atoms with E-state index in [2.05, 4.69) is 31.0 Å². The van der Waals surface area contributed by atoms with Gasteiger partial charge in [0, 0.05) is 18.1 Å². The number of allylic oxidation sites excluding steroid dienone is 1. The number of likely N-dealkylation sites (N-methyl/N-ethyl adjacent to an activating group) is 1. The van der Waals surface area contributed by atoms with Crippen LogP contribution in [0, 0.1) is 5.92 Å². The Hall–Kier alpha value is -0.500. The lowest BCUT2D eigenvalue weighted by Gasteiger charge is -2.24. The van der Waals surface area contributed by atoms with Crippen molar-refractivity contribution < 1.29 is 0 Å². The molecule has 1 atom stereocenters. The highest BCUT2D eigenvalue weighted by molar-refractivity contribution is 6.30. The quantitative estimate of drug-likeness (QED) is 0.695. The molecule has 1 aliphatic carbocycles. The lowest BCUT2D eigenvalue weighted by atomic mass is 9.81. The molecule has 1 unspecified atom stereocenters. The number of halogens is 2. The number of hydrogen-bond acceptors (Lipinski definition) is 1. The topological polar surface area (TPSA) is 3.24 Å². The van der Waals surface area contributed by atoms with Gasteiger partial charge in [-0.15, -0.1) is 12.4 Å². The van der Waals surface area contributed by atoms with E-state index in [1.54, 1.807) is 5.57 Å². The molecule has 1 heterocycles. The molecule has 2 aliphatic rings. The molecule has 0 bridgehead atoms. The maximum absolute atomic E-state index is 6.08. The van der Waals surface area contributed by atoms with Gasteiger partial charge in [-0.3, -0.25) is 0 Å². The molecule has 1 fully saturated rings. The van der Waals surface area contributed by atoms with Gasteiger partial charge in [0.1, 0.15) is 0 Å². The number of likely N-dealkylation sites (tertiary alicyclic amines) is 1. The van der Waals surface area contributed by atoms with Crippen molar-refractivity contribution in [2.45, 2.75) is 13.3 Å². The Morgan fingerprint density at radius 1 is 1.35 bits per heavy atom. The van der Waals surface area contributed by atoms with Crippen LogP contribution in [0.15, 0.2) is 23.8 Å². The zero-order valence-corrected chi connectivity index (χ0v) is 11.7. The van der Waals surface area contributed by atoms with Crippen LogP contribution in [0.25, 0.3) is 5.57 Å². The molecule has 0 N–H and O–H groups in total. The van der Waals surface area contributed by atoms with Crippen molar-refractivity contribution in [2.24, 2.45) is 5.92 Å². The molecule has 0 radical (unpaired) electrons. The number of hydrogen-bond donors (Lipinski definition) is 0. The van der Waals surface area contributed by atoms with Crippen LogP contribution in [0.4, 0.5) is 0 Å². The van der Waals surface area contributed by atoms with Gasteiger partial charge in [0.25, 0.3) is 0 Å². The molecular weight excluding hydrogens is 253 g/mol. The third kappa shape index (κ3) is 2.12. The smallest absolute Gasteiger partial charge is 0.0412 e. The number of nitrogens with zero attached hydrogens (tertiary/aromatic N) is 1. The minimum Gasteiger partial charge on any atom is -0.302 e. The van der Waals surface area contributed by atoms with Crippen LogP contribution in [0.1, 0.15) is 18.1 Å². The molecule has 3 rings (SSSR count). The highest BCUT2D eigenvalue weighted by Crippen LogP contribution is 2.39. The van der Waals surface area contributed by atoms with Gasteiger partial charge in [0.15, 0.2) is 0 Å². The molecular formula is C14H17Cl2N. The third-order valence-corrected chi connectivity index (χ3v) is 4.12. The van der Waals surface area contributed by atoms with E-state index in [0.29, 0.717) is 0 Å². The van der Waals surface area contributed by atoms with Gasteiger partial charge in [0.05, 0.1) is 0 Å². The van der Waals surface area contributed by atoms with E-state index in [-0.39, 0.29) is 12.4 Å². The van der Waals surface area contributed by atoms with Crippen LogP contribution < -0.4 is 0 Å². The second-order valence-corrected chi connectivity index (χ2v) is 5.49. The first-order chi connectivity index (χ1) is 7.65. The first-order valence-corrected chi connectivity index (χ1v) is 6.20. The molecule has 3 heteroatoms. The first-order valence-electron chi connectivity index (χ1n) is 5.82. The van der Waals surface area contributed by atoms with E-state index in [1.165, 1.54) is 29.7 Å². The zero-order valence-electron chi connectivity index (χ0n) is 10.2. The summed E-state index contributed by atoms with van der Waals surface area (Å²) in [4.78, 5) is 2.41. The van der Waals surface area contributed by atoms with Gasteiger partial charge < -0.3 is 4.90 Å². The van der Waals surface area contributed by atoms with Crippen LogP contribution in [0.2, 0.25) is 5.02 Å². The summed E-state index contributed by atoms with van der Waals surface area (Å²) in [6.45, 7) is 4.58. The van der Waals surface area contributed by atoms with Crippen molar-refractivity contribution in [2.75, 3.05) is 20.1 Å². The van der Waals surface area contributed by atoms with Crippen molar-refractivity contribution in [3.8, 4) is 0 Å². The lowest BCUT2D eigenvalue weighted by Crippen LogP contribution is -2.16. The maximum Gasteiger partial charge on any atom is 0.0412 e. The lowest BCUT2D eigenvalue weighted by molar-refractivity contribution is 0.394. The normalized spacial score (nSPS) is 23.1. The fourth-order valence-corrected chi connectivity index (χ4v) is 3.27. The van der Waals surface area contributed by atoms with Gasteiger partial charge in [0.2, 0.25) is 0 Å². The molecule has 0 aromatic heterocycles. The Morgan fingerprint density at radius 2 is 2.12 bits per heavy atom. The summed E-state index contributed by atoms with van der Waals surface area (Å²) in [7, 11) is 2.20. The second kappa shape index (κ2) is 4.64. The van der Waals surface area contributed by atoms with Crippen molar-refractivity contribution in [3.05, 3.63) is 39.9 Å². The van der Waals surface area contributed by atoms with Crippen molar-refractivity contribution in [1.29, 1.82) is 0 Å². The molecule has 1 aliphatic heterocycles. The minimum absolute atomic E-state index is 0.